The third kappa shape index (κ3) is 5.42. The number of aromatic nitrogens is 2. The van der Waals surface area contributed by atoms with E-state index in [-0.39, 0.29) is 11.5 Å². The molecule has 1 amide bonds. The SMILES string of the molecule is CCCSc1nc(SCC(=O)Nc2cccc(C)c2)c2c3c(sc2n1)COC(C)(C)C3. The molecular weight excluding hydrogens is 446 g/mol. The van der Waals surface area contributed by atoms with E-state index < -0.39 is 0 Å². The smallest absolute Gasteiger partial charge is 0.234 e. The first-order chi connectivity index (χ1) is 14.8. The van der Waals surface area contributed by atoms with Gasteiger partial charge in [0.15, 0.2) is 5.16 Å². The van der Waals surface area contributed by atoms with Crippen molar-refractivity contribution in [2.75, 3.05) is 16.8 Å². The molecule has 0 unspecified atom stereocenters. The zero-order valence-corrected chi connectivity index (χ0v) is 20.7. The number of hydrogen-bond donors (Lipinski definition) is 1. The second-order valence-electron chi connectivity index (χ2n) is 8.28. The van der Waals surface area contributed by atoms with Gasteiger partial charge in [0.05, 0.1) is 18.0 Å². The minimum atomic E-state index is -0.207. The summed E-state index contributed by atoms with van der Waals surface area (Å²) in [5.41, 5.74) is 3.02. The number of aryl methyl sites for hydroxylation is 1. The third-order valence-electron chi connectivity index (χ3n) is 4.95. The average Bonchev–Trinajstić information content (AvgIpc) is 3.07. The first-order valence-corrected chi connectivity index (χ1v) is 13.2. The van der Waals surface area contributed by atoms with Crippen molar-refractivity contribution in [2.24, 2.45) is 0 Å². The molecule has 0 saturated carbocycles. The van der Waals surface area contributed by atoms with Crippen LogP contribution in [0, 0.1) is 6.92 Å². The molecular formula is C23H27N3O2S3. The normalized spacial score (nSPS) is 15.1. The predicted molar refractivity (Wildman–Crippen MR) is 132 cm³/mol. The second-order valence-corrected chi connectivity index (χ2v) is 11.4. The number of hydrogen-bond acceptors (Lipinski definition) is 7. The van der Waals surface area contributed by atoms with Crippen LogP contribution in [0.3, 0.4) is 0 Å². The van der Waals surface area contributed by atoms with Crippen molar-refractivity contribution in [3.8, 4) is 0 Å². The van der Waals surface area contributed by atoms with E-state index in [1.165, 1.54) is 22.2 Å². The summed E-state index contributed by atoms with van der Waals surface area (Å²) < 4.78 is 6.02. The molecule has 3 heterocycles. The Morgan fingerprint density at radius 3 is 2.90 bits per heavy atom. The van der Waals surface area contributed by atoms with Crippen LogP contribution in [0.2, 0.25) is 0 Å². The van der Waals surface area contributed by atoms with Gasteiger partial charge in [-0.3, -0.25) is 4.79 Å². The summed E-state index contributed by atoms with van der Waals surface area (Å²) in [6.07, 6.45) is 1.90. The Hall–Kier alpha value is -1.61. The number of fused-ring (bicyclic) bond motifs is 3. The van der Waals surface area contributed by atoms with E-state index in [1.807, 2.05) is 31.2 Å². The van der Waals surface area contributed by atoms with Crippen LogP contribution >= 0.6 is 34.9 Å². The molecule has 0 saturated heterocycles. The fourth-order valence-electron chi connectivity index (χ4n) is 3.51. The average molecular weight is 474 g/mol. The summed E-state index contributed by atoms with van der Waals surface area (Å²) in [6.45, 7) is 9.02. The highest BCUT2D eigenvalue weighted by molar-refractivity contribution is 8.00. The molecule has 0 fully saturated rings. The highest BCUT2D eigenvalue weighted by atomic mass is 32.2. The van der Waals surface area contributed by atoms with E-state index in [9.17, 15) is 4.79 Å². The molecule has 1 aromatic carbocycles. The van der Waals surface area contributed by atoms with Gasteiger partial charge in [0, 0.05) is 28.1 Å². The van der Waals surface area contributed by atoms with Crippen LogP contribution < -0.4 is 5.32 Å². The number of carbonyl (C=O) groups is 1. The molecule has 2 aromatic heterocycles. The highest BCUT2D eigenvalue weighted by Gasteiger charge is 2.31. The Kier molecular flexibility index (Phi) is 6.91. The fourth-order valence-corrected chi connectivity index (χ4v) is 6.35. The van der Waals surface area contributed by atoms with Crippen LogP contribution in [-0.2, 0) is 22.6 Å². The van der Waals surface area contributed by atoms with Gasteiger partial charge in [-0.2, -0.15) is 0 Å². The molecule has 0 bridgehead atoms. The van der Waals surface area contributed by atoms with E-state index in [4.69, 9.17) is 14.7 Å². The zero-order valence-electron chi connectivity index (χ0n) is 18.3. The van der Waals surface area contributed by atoms with Gasteiger partial charge in [0.2, 0.25) is 5.91 Å². The summed E-state index contributed by atoms with van der Waals surface area (Å²) in [4.78, 5) is 24.5. The van der Waals surface area contributed by atoms with Crippen molar-refractivity contribution >= 4 is 56.7 Å². The first-order valence-electron chi connectivity index (χ1n) is 10.4. The number of ether oxygens (including phenoxy) is 1. The Morgan fingerprint density at radius 2 is 2.13 bits per heavy atom. The lowest BCUT2D eigenvalue weighted by molar-refractivity contribution is -0.113. The number of amides is 1. The monoisotopic (exact) mass is 473 g/mol. The molecule has 0 aliphatic carbocycles. The molecule has 3 aromatic rings. The minimum absolute atomic E-state index is 0.0297. The summed E-state index contributed by atoms with van der Waals surface area (Å²) >= 11 is 4.87. The maximum Gasteiger partial charge on any atom is 0.234 e. The molecule has 164 valence electrons. The Bertz CT molecular complexity index is 1110. The fraction of sp³-hybridized carbons (Fsp3) is 0.435. The number of carbonyl (C=O) groups excluding carboxylic acids is 1. The molecule has 5 nitrogen and oxygen atoms in total. The maximum atomic E-state index is 12.6. The Balaban J connectivity index is 1.61. The maximum absolute atomic E-state index is 12.6. The molecule has 0 atom stereocenters. The summed E-state index contributed by atoms with van der Waals surface area (Å²) in [5, 5.41) is 5.78. The molecule has 1 N–H and O–H groups in total. The molecule has 0 spiro atoms. The van der Waals surface area contributed by atoms with Gasteiger partial charge in [-0.05, 0) is 50.5 Å². The molecule has 0 radical (unpaired) electrons. The Morgan fingerprint density at radius 1 is 1.29 bits per heavy atom. The zero-order chi connectivity index (χ0) is 22.0. The first kappa shape index (κ1) is 22.6. The molecule has 4 rings (SSSR count). The number of thioether (sulfide) groups is 2. The number of nitrogens with zero attached hydrogens (tertiary/aromatic N) is 2. The van der Waals surface area contributed by atoms with E-state index in [0.29, 0.717) is 12.4 Å². The van der Waals surface area contributed by atoms with Crippen LogP contribution in [0.25, 0.3) is 10.2 Å². The van der Waals surface area contributed by atoms with Gasteiger partial charge in [-0.1, -0.05) is 42.6 Å². The van der Waals surface area contributed by atoms with Gasteiger partial charge in [0.25, 0.3) is 0 Å². The van der Waals surface area contributed by atoms with Gasteiger partial charge in [-0.15, -0.1) is 11.3 Å². The molecule has 1 aliphatic heterocycles. The molecule has 31 heavy (non-hydrogen) atoms. The highest BCUT2D eigenvalue weighted by Crippen LogP contribution is 2.42. The van der Waals surface area contributed by atoms with Crippen molar-refractivity contribution in [2.45, 2.75) is 62.9 Å². The largest absolute Gasteiger partial charge is 0.370 e. The summed E-state index contributed by atoms with van der Waals surface area (Å²) in [6, 6.07) is 7.85. The summed E-state index contributed by atoms with van der Waals surface area (Å²) in [5.74, 6) is 1.26. The summed E-state index contributed by atoms with van der Waals surface area (Å²) in [7, 11) is 0. The quantitative estimate of drug-likeness (QED) is 0.255. The Labute approximate surface area is 195 Å². The topological polar surface area (TPSA) is 64.1 Å². The predicted octanol–water partition coefficient (Wildman–Crippen LogP) is 6.08. The van der Waals surface area contributed by atoms with Crippen molar-refractivity contribution in [1.29, 1.82) is 0 Å². The van der Waals surface area contributed by atoms with Crippen LogP contribution in [0.1, 0.15) is 43.2 Å². The van der Waals surface area contributed by atoms with Gasteiger partial charge in [-0.25, -0.2) is 9.97 Å². The number of benzene rings is 1. The molecule has 8 heteroatoms. The number of anilines is 1. The van der Waals surface area contributed by atoms with Gasteiger partial charge < -0.3 is 10.1 Å². The van der Waals surface area contributed by atoms with Crippen molar-refractivity contribution in [1.82, 2.24) is 9.97 Å². The molecule has 1 aliphatic rings. The number of thiophene rings is 1. The second kappa shape index (κ2) is 9.48. The lowest BCUT2D eigenvalue weighted by atomic mass is 9.95. The van der Waals surface area contributed by atoms with Crippen LogP contribution in [-0.4, -0.2) is 33.0 Å². The van der Waals surface area contributed by atoms with Crippen molar-refractivity contribution in [3.63, 3.8) is 0 Å². The van der Waals surface area contributed by atoms with E-state index in [2.05, 4.69) is 26.1 Å². The number of nitrogens with one attached hydrogen (secondary N) is 1. The van der Waals surface area contributed by atoms with Crippen LogP contribution in [0.15, 0.2) is 34.4 Å². The lowest BCUT2D eigenvalue weighted by Gasteiger charge is -2.30. The lowest BCUT2D eigenvalue weighted by Crippen LogP contribution is -2.31. The third-order valence-corrected chi connectivity index (χ3v) is 8.08. The van der Waals surface area contributed by atoms with E-state index in [1.54, 1.807) is 23.1 Å². The van der Waals surface area contributed by atoms with E-state index >= 15 is 0 Å². The van der Waals surface area contributed by atoms with Gasteiger partial charge in [0.1, 0.15) is 9.86 Å². The van der Waals surface area contributed by atoms with E-state index in [0.717, 1.165) is 50.2 Å². The van der Waals surface area contributed by atoms with Crippen LogP contribution in [0.4, 0.5) is 5.69 Å². The van der Waals surface area contributed by atoms with Gasteiger partial charge >= 0.3 is 0 Å². The van der Waals surface area contributed by atoms with Crippen LogP contribution in [0.5, 0.6) is 0 Å². The van der Waals surface area contributed by atoms with Crippen molar-refractivity contribution in [3.05, 3.63) is 40.3 Å². The number of rotatable bonds is 7. The van der Waals surface area contributed by atoms with Crippen molar-refractivity contribution < 1.29 is 9.53 Å². The minimum Gasteiger partial charge on any atom is -0.370 e. The standard InChI is InChI=1S/C23H27N3O2S3/c1-5-9-29-22-25-20(30-13-18(27)24-15-8-6-7-14(2)10-15)19-16-11-23(3,4)28-12-17(16)31-21(19)26-22/h6-8,10H,5,9,11-13H2,1-4H3,(H,24,27).